The van der Waals surface area contributed by atoms with Gasteiger partial charge in [0.05, 0.1) is 23.2 Å². The maximum absolute atomic E-state index is 12.5. The lowest BCUT2D eigenvalue weighted by Gasteiger charge is -2.10. The molecule has 0 aliphatic carbocycles. The van der Waals surface area contributed by atoms with Crippen molar-refractivity contribution in [3.05, 3.63) is 82.4 Å². The van der Waals surface area contributed by atoms with Gasteiger partial charge in [0.25, 0.3) is 5.91 Å². The SMILES string of the molecule is COc1cc(NC(=O)CS(=O)(=O)c2ccc(C)cc2)ccc1/C=N/NC(=O)c1ccc(O)c(Cl)c1. The van der Waals surface area contributed by atoms with Crippen molar-refractivity contribution >= 4 is 45.2 Å². The van der Waals surface area contributed by atoms with E-state index in [1.54, 1.807) is 24.3 Å². The highest BCUT2D eigenvalue weighted by Gasteiger charge is 2.19. The number of benzene rings is 3. The third-order valence-corrected chi connectivity index (χ3v) is 6.73. The fourth-order valence-corrected chi connectivity index (χ4v) is 4.28. The lowest BCUT2D eigenvalue weighted by Crippen LogP contribution is -2.23. The Labute approximate surface area is 207 Å². The average molecular weight is 516 g/mol. The van der Waals surface area contributed by atoms with Crippen LogP contribution in [0.1, 0.15) is 21.5 Å². The Morgan fingerprint density at radius 1 is 1.09 bits per heavy atom. The minimum Gasteiger partial charge on any atom is -0.506 e. The Hall–Kier alpha value is -3.89. The second kappa shape index (κ2) is 11.0. The van der Waals surface area contributed by atoms with E-state index in [-0.39, 0.29) is 21.2 Å². The van der Waals surface area contributed by atoms with Gasteiger partial charge in [-0.05, 0) is 49.4 Å². The van der Waals surface area contributed by atoms with Crippen LogP contribution >= 0.6 is 11.6 Å². The molecule has 9 nitrogen and oxygen atoms in total. The zero-order valence-corrected chi connectivity index (χ0v) is 20.4. The maximum Gasteiger partial charge on any atom is 0.271 e. The molecule has 3 aromatic rings. The van der Waals surface area contributed by atoms with Gasteiger partial charge in [0.15, 0.2) is 9.84 Å². The number of carbonyl (C=O) groups is 2. The summed E-state index contributed by atoms with van der Waals surface area (Å²) in [6.45, 7) is 1.84. The molecule has 3 aromatic carbocycles. The molecule has 0 unspecified atom stereocenters. The summed E-state index contributed by atoms with van der Waals surface area (Å²) >= 11 is 5.80. The molecule has 3 rings (SSSR count). The highest BCUT2D eigenvalue weighted by Crippen LogP contribution is 2.24. The number of amides is 2. The number of nitrogens with zero attached hydrogens (tertiary/aromatic N) is 1. The first-order valence-corrected chi connectivity index (χ1v) is 12.2. The highest BCUT2D eigenvalue weighted by molar-refractivity contribution is 7.92. The number of phenolic OH excluding ortho intramolecular Hbond substituents is 1. The van der Waals surface area contributed by atoms with Crippen molar-refractivity contribution in [3.63, 3.8) is 0 Å². The molecule has 0 heterocycles. The average Bonchev–Trinajstić information content (AvgIpc) is 2.81. The second-order valence-electron chi connectivity index (χ2n) is 7.44. The number of anilines is 1. The molecule has 0 aliphatic heterocycles. The number of hydrazone groups is 1. The topological polar surface area (TPSA) is 134 Å². The van der Waals surface area contributed by atoms with Crippen molar-refractivity contribution < 1.29 is 27.9 Å². The first-order chi connectivity index (χ1) is 16.6. The number of methoxy groups -OCH3 is 1. The summed E-state index contributed by atoms with van der Waals surface area (Å²) in [6, 6.07) is 14.9. The van der Waals surface area contributed by atoms with Crippen molar-refractivity contribution in [2.45, 2.75) is 11.8 Å². The summed E-state index contributed by atoms with van der Waals surface area (Å²) in [6.07, 6.45) is 1.34. The molecule has 0 spiro atoms. The van der Waals surface area contributed by atoms with E-state index in [1.807, 2.05) is 6.92 Å². The van der Waals surface area contributed by atoms with Crippen LogP contribution in [0.2, 0.25) is 5.02 Å². The molecule has 182 valence electrons. The number of halogens is 1. The molecule has 2 amide bonds. The largest absolute Gasteiger partial charge is 0.506 e. The predicted octanol–water partition coefficient (Wildman–Crippen LogP) is 3.54. The Morgan fingerprint density at radius 2 is 1.80 bits per heavy atom. The second-order valence-corrected chi connectivity index (χ2v) is 9.84. The molecule has 0 bridgehead atoms. The Bertz CT molecular complexity index is 1390. The summed E-state index contributed by atoms with van der Waals surface area (Å²) in [7, 11) is -2.38. The number of hydrogen-bond acceptors (Lipinski definition) is 7. The van der Waals surface area contributed by atoms with Gasteiger partial charge in [-0.25, -0.2) is 13.8 Å². The quantitative estimate of drug-likeness (QED) is 0.310. The number of aromatic hydroxyl groups is 1. The van der Waals surface area contributed by atoms with Gasteiger partial charge in [0.1, 0.15) is 17.3 Å². The van der Waals surface area contributed by atoms with Crippen LogP contribution in [0.25, 0.3) is 0 Å². The van der Waals surface area contributed by atoms with Crippen molar-refractivity contribution in [2.75, 3.05) is 18.2 Å². The zero-order chi connectivity index (χ0) is 25.6. The fraction of sp³-hybridized carbons (Fsp3) is 0.125. The Morgan fingerprint density at radius 3 is 2.46 bits per heavy atom. The minimum absolute atomic E-state index is 0.0348. The molecule has 3 N–H and O–H groups in total. The number of aryl methyl sites for hydroxylation is 1. The van der Waals surface area contributed by atoms with Crippen molar-refractivity contribution in [3.8, 4) is 11.5 Å². The Balaban J connectivity index is 1.65. The van der Waals surface area contributed by atoms with E-state index >= 15 is 0 Å². The van der Waals surface area contributed by atoms with Gasteiger partial charge in [-0.3, -0.25) is 9.59 Å². The van der Waals surface area contributed by atoms with Gasteiger partial charge < -0.3 is 15.2 Å². The molecule has 0 aliphatic rings. The number of carbonyl (C=O) groups excluding carboxylic acids is 2. The van der Waals surface area contributed by atoms with E-state index < -0.39 is 27.4 Å². The third-order valence-electron chi connectivity index (χ3n) is 4.80. The van der Waals surface area contributed by atoms with E-state index in [0.29, 0.717) is 17.0 Å². The van der Waals surface area contributed by atoms with Crippen LogP contribution in [0, 0.1) is 6.92 Å². The van der Waals surface area contributed by atoms with Gasteiger partial charge in [-0.15, -0.1) is 0 Å². The van der Waals surface area contributed by atoms with Crippen LogP contribution in [0.4, 0.5) is 5.69 Å². The van der Waals surface area contributed by atoms with E-state index in [1.165, 1.54) is 49.7 Å². The minimum atomic E-state index is -3.80. The van der Waals surface area contributed by atoms with Gasteiger partial charge in [-0.1, -0.05) is 29.3 Å². The van der Waals surface area contributed by atoms with Crippen molar-refractivity contribution in [2.24, 2.45) is 5.10 Å². The number of phenols is 1. The summed E-state index contributed by atoms with van der Waals surface area (Å²) in [5, 5.41) is 15.9. The van der Waals surface area contributed by atoms with Crippen molar-refractivity contribution in [1.82, 2.24) is 5.43 Å². The van der Waals surface area contributed by atoms with Crippen LogP contribution in [0.5, 0.6) is 11.5 Å². The summed E-state index contributed by atoms with van der Waals surface area (Å²) < 4.78 is 30.3. The van der Waals surface area contributed by atoms with Crippen LogP contribution in [-0.4, -0.2) is 44.4 Å². The molecule has 0 radical (unpaired) electrons. The van der Waals surface area contributed by atoms with E-state index in [0.717, 1.165) is 5.56 Å². The molecule has 35 heavy (non-hydrogen) atoms. The first kappa shape index (κ1) is 25.7. The molecule has 0 aromatic heterocycles. The number of sulfone groups is 1. The smallest absolute Gasteiger partial charge is 0.271 e. The van der Waals surface area contributed by atoms with Gasteiger partial charge in [-0.2, -0.15) is 5.10 Å². The predicted molar refractivity (Wildman–Crippen MR) is 133 cm³/mol. The van der Waals surface area contributed by atoms with Gasteiger partial charge in [0.2, 0.25) is 5.91 Å². The van der Waals surface area contributed by atoms with E-state index in [4.69, 9.17) is 16.3 Å². The van der Waals surface area contributed by atoms with Crippen molar-refractivity contribution in [1.29, 1.82) is 0 Å². The molecular formula is C24H22ClN3O6S. The molecule has 11 heteroatoms. The maximum atomic E-state index is 12.5. The van der Waals surface area contributed by atoms with E-state index in [9.17, 15) is 23.1 Å². The van der Waals surface area contributed by atoms with Gasteiger partial charge >= 0.3 is 0 Å². The lowest BCUT2D eigenvalue weighted by atomic mass is 10.2. The van der Waals surface area contributed by atoms with Crippen LogP contribution in [0.3, 0.4) is 0 Å². The summed E-state index contributed by atoms with van der Waals surface area (Å²) in [5.74, 6) is -1.77. The Kier molecular flexibility index (Phi) is 8.10. The van der Waals surface area contributed by atoms with Crippen LogP contribution < -0.4 is 15.5 Å². The lowest BCUT2D eigenvalue weighted by molar-refractivity contribution is -0.113. The molecule has 0 atom stereocenters. The number of hydrogen-bond donors (Lipinski definition) is 3. The monoisotopic (exact) mass is 515 g/mol. The van der Waals surface area contributed by atoms with E-state index in [2.05, 4.69) is 15.8 Å². The number of rotatable bonds is 8. The van der Waals surface area contributed by atoms with Crippen LogP contribution in [0.15, 0.2) is 70.7 Å². The third kappa shape index (κ3) is 6.81. The molecule has 0 saturated carbocycles. The number of ether oxygens (including phenoxy) is 1. The summed E-state index contributed by atoms with van der Waals surface area (Å²) in [5.41, 5.74) is 4.26. The summed E-state index contributed by atoms with van der Waals surface area (Å²) in [4.78, 5) is 24.6. The standard InChI is InChI=1S/C24H22ClN3O6S/c1-15-3-8-19(9-4-15)35(32,33)14-23(30)27-18-7-5-17(22(12-18)34-2)13-26-28-24(31)16-6-10-21(29)20(25)11-16/h3-13,29H,14H2,1-2H3,(H,27,30)(H,28,31)/b26-13+. The highest BCUT2D eigenvalue weighted by atomic mass is 35.5. The van der Waals surface area contributed by atoms with Gasteiger partial charge in [0, 0.05) is 22.9 Å². The molecular weight excluding hydrogens is 494 g/mol. The number of nitrogens with one attached hydrogen (secondary N) is 2. The fourth-order valence-electron chi connectivity index (χ4n) is 2.97. The zero-order valence-electron chi connectivity index (χ0n) is 18.8. The molecule has 0 fully saturated rings. The first-order valence-electron chi connectivity index (χ1n) is 10.2. The normalized spacial score (nSPS) is 11.3. The molecule has 0 saturated heterocycles. The van der Waals surface area contributed by atoms with Crippen LogP contribution in [-0.2, 0) is 14.6 Å².